The molecule has 0 bridgehead atoms. The van der Waals surface area contributed by atoms with E-state index in [1.165, 1.54) is 0 Å². The molecule has 0 aromatic heterocycles. The molecular formula is C30H32N2O4. The zero-order valence-corrected chi connectivity index (χ0v) is 20.6. The van der Waals surface area contributed by atoms with E-state index < -0.39 is 6.04 Å². The lowest BCUT2D eigenvalue weighted by molar-refractivity contribution is -0.151. The zero-order valence-electron chi connectivity index (χ0n) is 20.6. The van der Waals surface area contributed by atoms with Gasteiger partial charge >= 0.3 is 5.97 Å². The summed E-state index contributed by atoms with van der Waals surface area (Å²) in [5, 5.41) is 2.96. The molecule has 6 nitrogen and oxygen atoms in total. The van der Waals surface area contributed by atoms with Crippen LogP contribution in [-0.4, -0.2) is 48.4 Å². The minimum absolute atomic E-state index is 0.179. The second-order valence-electron chi connectivity index (χ2n) is 9.03. The van der Waals surface area contributed by atoms with Gasteiger partial charge in [-0.05, 0) is 48.6 Å². The third-order valence-electron chi connectivity index (χ3n) is 6.49. The lowest BCUT2D eigenvalue weighted by atomic mass is 9.96. The summed E-state index contributed by atoms with van der Waals surface area (Å²) in [5.74, 6) is -1.08. The summed E-state index contributed by atoms with van der Waals surface area (Å²) in [7, 11) is 0. The van der Waals surface area contributed by atoms with E-state index in [4.69, 9.17) is 4.74 Å². The Morgan fingerprint density at radius 2 is 1.56 bits per heavy atom. The average Bonchev–Trinajstić information content (AvgIpc) is 2.93. The molecule has 36 heavy (non-hydrogen) atoms. The molecule has 2 unspecified atom stereocenters. The van der Waals surface area contributed by atoms with Crippen molar-refractivity contribution in [3.63, 3.8) is 0 Å². The van der Waals surface area contributed by atoms with Crippen molar-refractivity contribution in [3.05, 3.63) is 96.1 Å². The summed E-state index contributed by atoms with van der Waals surface area (Å²) in [6, 6.07) is 26.2. The minimum atomic E-state index is -0.741. The van der Waals surface area contributed by atoms with Crippen molar-refractivity contribution in [2.45, 2.75) is 32.2 Å². The number of amides is 2. The van der Waals surface area contributed by atoms with Gasteiger partial charge in [0.1, 0.15) is 6.04 Å². The maximum Gasteiger partial charge on any atom is 0.310 e. The second kappa shape index (κ2) is 12.2. The molecule has 1 saturated heterocycles. The van der Waals surface area contributed by atoms with Crippen LogP contribution in [0.1, 0.15) is 35.7 Å². The van der Waals surface area contributed by atoms with Crippen molar-refractivity contribution in [2.75, 3.05) is 19.7 Å². The van der Waals surface area contributed by atoms with Gasteiger partial charge < -0.3 is 15.0 Å². The summed E-state index contributed by atoms with van der Waals surface area (Å²) in [6.07, 6.45) is 1.79. The summed E-state index contributed by atoms with van der Waals surface area (Å²) in [6.45, 7) is 2.97. The molecule has 2 atom stereocenters. The van der Waals surface area contributed by atoms with Crippen LogP contribution in [0.25, 0.3) is 11.1 Å². The Bertz CT molecular complexity index is 1160. The first-order valence-electron chi connectivity index (χ1n) is 12.5. The average molecular weight is 485 g/mol. The number of ether oxygens (including phenoxy) is 1. The van der Waals surface area contributed by atoms with Gasteiger partial charge in [0, 0.05) is 25.1 Å². The molecule has 3 aromatic carbocycles. The largest absolute Gasteiger partial charge is 0.466 e. The van der Waals surface area contributed by atoms with Gasteiger partial charge in [-0.15, -0.1) is 0 Å². The summed E-state index contributed by atoms with van der Waals surface area (Å²) >= 11 is 0. The van der Waals surface area contributed by atoms with Crippen LogP contribution in [0.2, 0.25) is 0 Å². The summed E-state index contributed by atoms with van der Waals surface area (Å²) in [4.78, 5) is 40.8. The normalized spacial score (nSPS) is 16.1. The van der Waals surface area contributed by atoms with Gasteiger partial charge in [-0.25, -0.2) is 0 Å². The molecule has 2 amide bonds. The third kappa shape index (κ3) is 6.39. The van der Waals surface area contributed by atoms with Crippen LogP contribution < -0.4 is 5.32 Å². The van der Waals surface area contributed by atoms with Gasteiger partial charge in [0.15, 0.2) is 0 Å². The standard InChI is InChI=1S/C30H32N2O4/c1-2-36-30(35)26-14-9-19-32(21-26)29(34)27(20-22-10-5-3-6-11-22)31-28(33)25-17-15-24(16-18-25)23-12-7-4-8-13-23/h3-8,10-13,15-18,26-27H,2,9,14,19-21H2,1H3,(H,31,33). The van der Waals surface area contributed by atoms with Gasteiger partial charge in [0.2, 0.25) is 5.91 Å². The fourth-order valence-electron chi connectivity index (χ4n) is 4.59. The highest BCUT2D eigenvalue weighted by Gasteiger charge is 2.33. The molecule has 1 aliphatic heterocycles. The molecule has 1 fully saturated rings. The number of hydrogen-bond acceptors (Lipinski definition) is 4. The smallest absolute Gasteiger partial charge is 0.310 e. The number of carbonyl (C=O) groups excluding carboxylic acids is 3. The van der Waals surface area contributed by atoms with Gasteiger partial charge in [-0.3, -0.25) is 14.4 Å². The van der Waals surface area contributed by atoms with Crippen molar-refractivity contribution in [2.24, 2.45) is 5.92 Å². The lowest BCUT2D eigenvalue weighted by Gasteiger charge is -2.34. The first-order valence-corrected chi connectivity index (χ1v) is 12.5. The Labute approximate surface area is 212 Å². The van der Waals surface area contributed by atoms with Crippen LogP contribution in [0.5, 0.6) is 0 Å². The van der Waals surface area contributed by atoms with Gasteiger partial charge in [0.05, 0.1) is 12.5 Å². The van der Waals surface area contributed by atoms with Crippen molar-refractivity contribution < 1.29 is 19.1 Å². The van der Waals surface area contributed by atoms with Crippen molar-refractivity contribution in [3.8, 4) is 11.1 Å². The number of rotatable bonds is 8. The second-order valence-corrected chi connectivity index (χ2v) is 9.03. The maximum atomic E-state index is 13.6. The van der Waals surface area contributed by atoms with Gasteiger partial charge in [0.25, 0.3) is 5.91 Å². The molecule has 4 rings (SSSR count). The number of benzene rings is 3. The highest BCUT2D eigenvalue weighted by Crippen LogP contribution is 2.21. The van der Waals surface area contributed by atoms with Gasteiger partial charge in [-0.2, -0.15) is 0 Å². The number of esters is 1. The number of hydrogen-bond donors (Lipinski definition) is 1. The van der Waals surface area contributed by atoms with E-state index in [-0.39, 0.29) is 23.7 Å². The summed E-state index contributed by atoms with van der Waals surface area (Å²) < 4.78 is 5.18. The number of nitrogens with zero attached hydrogens (tertiary/aromatic N) is 1. The van der Waals surface area contributed by atoms with Crippen LogP contribution >= 0.6 is 0 Å². The van der Waals surface area contributed by atoms with Crippen molar-refractivity contribution in [1.29, 1.82) is 0 Å². The molecule has 186 valence electrons. The molecule has 0 saturated carbocycles. The molecule has 3 aromatic rings. The SMILES string of the molecule is CCOC(=O)C1CCCN(C(=O)C(Cc2ccccc2)NC(=O)c2ccc(-c3ccccc3)cc2)C1. The van der Waals surface area contributed by atoms with Crippen molar-refractivity contribution >= 4 is 17.8 Å². The fraction of sp³-hybridized carbons (Fsp3) is 0.300. The molecule has 1 heterocycles. The lowest BCUT2D eigenvalue weighted by Crippen LogP contribution is -2.53. The Balaban J connectivity index is 1.50. The number of nitrogens with one attached hydrogen (secondary N) is 1. The minimum Gasteiger partial charge on any atom is -0.466 e. The van der Waals surface area contributed by atoms with Crippen LogP contribution in [0.3, 0.4) is 0 Å². The molecule has 0 aliphatic carbocycles. The predicted molar refractivity (Wildman–Crippen MR) is 139 cm³/mol. The van der Waals surface area contributed by atoms with E-state index in [0.29, 0.717) is 38.1 Å². The Morgan fingerprint density at radius 1 is 0.917 bits per heavy atom. The van der Waals surface area contributed by atoms with E-state index in [0.717, 1.165) is 23.1 Å². The Morgan fingerprint density at radius 3 is 2.22 bits per heavy atom. The summed E-state index contributed by atoms with van der Waals surface area (Å²) in [5.41, 5.74) is 3.53. The Kier molecular flexibility index (Phi) is 8.50. The number of piperidine rings is 1. The van der Waals surface area contributed by atoms with Gasteiger partial charge in [-0.1, -0.05) is 72.8 Å². The van der Waals surface area contributed by atoms with Crippen LogP contribution in [0.15, 0.2) is 84.9 Å². The highest BCUT2D eigenvalue weighted by molar-refractivity contribution is 5.98. The third-order valence-corrected chi connectivity index (χ3v) is 6.49. The van der Waals surface area contributed by atoms with E-state index in [9.17, 15) is 14.4 Å². The molecular weight excluding hydrogens is 452 g/mol. The maximum absolute atomic E-state index is 13.6. The van der Waals surface area contributed by atoms with E-state index >= 15 is 0 Å². The molecule has 6 heteroatoms. The molecule has 0 radical (unpaired) electrons. The highest BCUT2D eigenvalue weighted by atomic mass is 16.5. The first kappa shape index (κ1) is 25.2. The van der Waals surface area contributed by atoms with Crippen molar-refractivity contribution in [1.82, 2.24) is 10.2 Å². The number of likely N-dealkylation sites (tertiary alicyclic amines) is 1. The van der Waals surface area contributed by atoms with Crippen LogP contribution in [0.4, 0.5) is 0 Å². The molecule has 1 N–H and O–H groups in total. The monoisotopic (exact) mass is 484 g/mol. The zero-order chi connectivity index (χ0) is 25.3. The van der Waals surface area contributed by atoms with E-state index in [1.807, 2.05) is 72.8 Å². The quantitative estimate of drug-likeness (QED) is 0.478. The topological polar surface area (TPSA) is 75.7 Å². The predicted octanol–water partition coefficient (Wildman–Crippen LogP) is 4.50. The Hall–Kier alpha value is -3.93. The first-order chi connectivity index (χ1) is 17.5. The van der Waals surface area contributed by atoms with E-state index in [1.54, 1.807) is 24.0 Å². The van der Waals surface area contributed by atoms with Crippen LogP contribution in [-0.2, 0) is 20.7 Å². The fourth-order valence-corrected chi connectivity index (χ4v) is 4.59. The van der Waals surface area contributed by atoms with Crippen LogP contribution in [0, 0.1) is 5.92 Å². The van der Waals surface area contributed by atoms with E-state index in [2.05, 4.69) is 5.32 Å². The number of carbonyl (C=O) groups is 3. The molecule has 0 spiro atoms. The molecule has 1 aliphatic rings.